The average molecular weight is 372 g/mol. The SMILES string of the molecule is CC(C)C[C@@H](CO)NC(=O)[C@@H](COCc1ccccc1)NS(C)(=O)=O. The Morgan fingerprint density at radius 2 is 1.88 bits per heavy atom. The molecule has 0 fully saturated rings. The normalized spacial score (nSPS) is 14.3. The molecule has 0 aliphatic carbocycles. The first kappa shape index (κ1) is 21.6. The van der Waals surface area contributed by atoms with Crippen molar-refractivity contribution in [2.75, 3.05) is 19.5 Å². The number of hydrogen-bond acceptors (Lipinski definition) is 5. The molecule has 0 radical (unpaired) electrons. The Labute approximate surface area is 149 Å². The molecule has 0 unspecified atom stereocenters. The molecule has 1 aromatic rings. The van der Waals surface area contributed by atoms with Crippen LogP contribution in [0.1, 0.15) is 25.8 Å². The Bertz CT molecular complexity index is 619. The van der Waals surface area contributed by atoms with Crippen LogP contribution in [0.3, 0.4) is 0 Å². The third kappa shape index (κ3) is 9.54. The van der Waals surface area contributed by atoms with E-state index in [1.807, 2.05) is 44.2 Å². The molecule has 0 saturated carbocycles. The average Bonchev–Trinajstić information content (AvgIpc) is 2.52. The molecule has 2 atom stereocenters. The molecule has 1 rings (SSSR count). The minimum Gasteiger partial charge on any atom is -0.394 e. The molecule has 0 saturated heterocycles. The standard InChI is InChI=1S/C17H28N2O5S/c1-13(2)9-15(10-20)18-17(21)16(19-25(3,22)23)12-24-11-14-7-5-4-6-8-14/h4-8,13,15-16,19-20H,9-12H2,1-3H3,(H,18,21)/t15-,16+/m0/s1. The van der Waals surface area contributed by atoms with Crippen molar-refractivity contribution in [3.05, 3.63) is 35.9 Å². The molecule has 3 N–H and O–H groups in total. The van der Waals surface area contributed by atoms with Gasteiger partial charge in [0.2, 0.25) is 15.9 Å². The van der Waals surface area contributed by atoms with Crippen LogP contribution < -0.4 is 10.0 Å². The van der Waals surface area contributed by atoms with Crippen molar-refractivity contribution >= 4 is 15.9 Å². The summed E-state index contributed by atoms with van der Waals surface area (Å²) in [7, 11) is -3.58. The van der Waals surface area contributed by atoms with Crippen LogP contribution in [-0.4, -0.2) is 51.0 Å². The van der Waals surface area contributed by atoms with Crippen LogP contribution in [0.15, 0.2) is 30.3 Å². The van der Waals surface area contributed by atoms with Crippen LogP contribution in [0.2, 0.25) is 0 Å². The van der Waals surface area contributed by atoms with Gasteiger partial charge in [0.1, 0.15) is 6.04 Å². The number of carbonyl (C=O) groups excluding carboxylic acids is 1. The van der Waals surface area contributed by atoms with Gasteiger partial charge in [-0.1, -0.05) is 44.2 Å². The highest BCUT2D eigenvalue weighted by molar-refractivity contribution is 7.88. The number of hydrogen-bond donors (Lipinski definition) is 3. The summed E-state index contributed by atoms with van der Waals surface area (Å²) in [5, 5.41) is 12.1. The van der Waals surface area contributed by atoms with Gasteiger partial charge in [0.25, 0.3) is 0 Å². The largest absolute Gasteiger partial charge is 0.394 e. The summed E-state index contributed by atoms with van der Waals surface area (Å²) in [6, 6.07) is 7.90. The number of aliphatic hydroxyl groups is 1. The Morgan fingerprint density at radius 1 is 1.24 bits per heavy atom. The predicted molar refractivity (Wildman–Crippen MR) is 96.3 cm³/mol. The number of rotatable bonds is 11. The maximum atomic E-state index is 12.4. The first-order valence-electron chi connectivity index (χ1n) is 8.21. The lowest BCUT2D eigenvalue weighted by Crippen LogP contribution is -2.52. The fourth-order valence-electron chi connectivity index (χ4n) is 2.34. The maximum absolute atomic E-state index is 12.4. The Morgan fingerprint density at radius 3 is 2.40 bits per heavy atom. The fourth-order valence-corrected chi connectivity index (χ4v) is 3.03. The molecule has 0 aromatic heterocycles. The summed E-state index contributed by atoms with van der Waals surface area (Å²) in [5.74, 6) is -0.230. The molecule has 0 heterocycles. The third-order valence-electron chi connectivity index (χ3n) is 3.39. The molecule has 7 nitrogen and oxygen atoms in total. The van der Waals surface area contributed by atoms with Crippen LogP contribution >= 0.6 is 0 Å². The van der Waals surface area contributed by atoms with E-state index in [0.29, 0.717) is 6.42 Å². The van der Waals surface area contributed by atoms with Crippen molar-refractivity contribution < 1.29 is 23.1 Å². The number of aliphatic hydroxyl groups excluding tert-OH is 1. The van der Waals surface area contributed by atoms with Gasteiger partial charge in [-0.05, 0) is 17.9 Å². The minimum atomic E-state index is -3.58. The number of sulfonamides is 1. The molecular weight excluding hydrogens is 344 g/mol. The Hall–Kier alpha value is -1.48. The first-order chi connectivity index (χ1) is 11.7. The van der Waals surface area contributed by atoms with Gasteiger partial charge in [-0.2, -0.15) is 0 Å². The molecule has 1 amide bonds. The van der Waals surface area contributed by atoms with Crippen LogP contribution in [0.25, 0.3) is 0 Å². The van der Waals surface area contributed by atoms with Gasteiger partial charge in [-0.25, -0.2) is 13.1 Å². The first-order valence-corrected chi connectivity index (χ1v) is 10.1. The summed E-state index contributed by atoms with van der Waals surface area (Å²) in [4.78, 5) is 12.4. The Kier molecular flexibility index (Phi) is 9.05. The van der Waals surface area contributed by atoms with E-state index in [-0.39, 0.29) is 25.7 Å². The quantitative estimate of drug-likeness (QED) is 0.529. The van der Waals surface area contributed by atoms with E-state index in [1.165, 1.54) is 0 Å². The van der Waals surface area contributed by atoms with Crippen molar-refractivity contribution in [2.45, 2.75) is 39.0 Å². The zero-order valence-corrected chi connectivity index (χ0v) is 15.8. The molecular formula is C17H28N2O5S. The van der Waals surface area contributed by atoms with Crippen molar-refractivity contribution in [1.82, 2.24) is 10.0 Å². The van der Waals surface area contributed by atoms with Gasteiger partial charge in [0, 0.05) is 0 Å². The van der Waals surface area contributed by atoms with E-state index in [1.54, 1.807) is 0 Å². The number of benzene rings is 1. The lowest BCUT2D eigenvalue weighted by atomic mass is 10.0. The molecule has 0 aliphatic rings. The lowest BCUT2D eigenvalue weighted by molar-refractivity contribution is -0.125. The highest BCUT2D eigenvalue weighted by Gasteiger charge is 2.25. The monoisotopic (exact) mass is 372 g/mol. The summed E-state index contributed by atoms with van der Waals surface area (Å²) in [6.07, 6.45) is 1.58. The van der Waals surface area contributed by atoms with E-state index in [4.69, 9.17) is 4.74 Å². The van der Waals surface area contributed by atoms with Crippen molar-refractivity contribution in [3.8, 4) is 0 Å². The van der Waals surface area contributed by atoms with Crippen LogP contribution in [0.5, 0.6) is 0 Å². The lowest BCUT2D eigenvalue weighted by Gasteiger charge is -2.23. The van der Waals surface area contributed by atoms with Gasteiger partial charge in [-0.3, -0.25) is 4.79 Å². The van der Waals surface area contributed by atoms with Crippen LogP contribution in [-0.2, 0) is 26.2 Å². The topological polar surface area (TPSA) is 105 Å². The van der Waals surface area contributed by atoms with E-state index < -0.39 is 28.0 Å². The zero-order chi connectivity index (χ0) is 18.9. The molecule has 142 valence electrons. The molecule has 8 heteroatoms. The minimum absolute atomic E-state index is 0.104. The second-order valence-electron chi connectivity index (χ2n) is 6.46. The fraction of sp³-hybridized carbons (Fsp3) is 0.588. The second-order valence-corrected chi connectivity index (χ2v) is 8.24. The van der Waals surface area contributed by atoms with Gasteiger partial charge < -0.3 is 15.2 Å². The molecule has 1 aromatic carbocycles. The number of ether oxygens (including phenoxy) is 1. The number of carbonyl (C=O) groups is 1. The van der Waals surface area contributed by atoms with Gasteiger partial charge >= 0.3 is 0 Å². The molecule has 0 bridgehead atoms. The van der Waals surface area contributed by atoms with E-state index in [0.717, 1.165) is 11.8 Å². The van der Waals surface area contributed by atoms with Gasteiger partial charge in [-0.15, -0.1) is 0 Å². The number of amides is 1. The van der Waals surface area contributed by atoms with E-state index in [9.17, 15) is 18.3 Å². The summed E-state index contributed by atoms with van der Waals surface area (Å²) >= 11 is 0. The second kappa shape index (κ2) is 10.5. The zero-order valence-electron chi connectivity index (χ0n) is 14.9. The summed E-state index contributed by atoms with van der Waals surface area (Å²) in [6.45, 7) is 3.91. The van der Waals surface area contributed by atoms with Crippen molar-refractivity contribution in [1.29, 1.82) is 0 Å². The highest BCUT2D eigenvalue weighted by Crippen LogP contribution is 2.05. The van der Waals surface area contributed by atoms with Crippen molar-refractivity contribution in [2.24, 2.45) is 5.92 Å². The maximum Gasteiger partial charge on any atom is 0.240 e. The predicted octanol–water partition coefficient (Wildman–Crippen LogP) is 0.644. The van der Waals surface area contributed by atoms with E-state index in [2.05, 4.69) is 10.0 Å². The van der Waals surface area contributed by atoms with Gasteiger partial charge in [0.05, 0.1) is 32.1 Å². The smallest absolute Gasteiger partial charge is 0.240 e. The van der Waals surface area contributed by atoms with Crippen LogP contribution in [0, 0.1) is 5.92 Å². The van der Waals surface area contributed by atoms with Crippen molar-refractivity contribution in [3.63, 3.8) is 0 Å². The summed E-state index contributed by atoms with van der Waals surface area (Å²) < 4.78 is 30.8. The number of nitrogens with one attached hydrogen (secondary N) is 2. The third-order valence-corrected chi connectivity index (χ3v) is 4.10. The highest BCUT2D eigenvalue weighted by atomic mass is 32.2. The Balaban J connectivity index is 2.66. The molecule has 25 heavy (non-hydrogen) atoms. The van der Waals surface area contributed by atoms with E-state index >= 15 is 0 Å². The van der Waals surface area contributed by atoms with Gasteiger partial charge in [0.15, 0.2) is 0 Å². The summed E-state index contributed by atoms with van der Waals surface area (Å²) in [5.41, 5.74) is 0.925. The molecule has 0 spiro atoms. The molecule has 0 aliphatic heterocycles. The van der Waals surface area contributed by atoms with Crippen LogP contribution in [0.4, 0.5) is 0 Å².